The van der Waals surface area contributed by atoms with Gasteiger partial charge in [-0.15, -0.1) is 0 Å². The van der Waals surface area contributed by atoms with Gasteiger partial charge < -0.3 is 14.1 Å². The van der Waals surface area contributed by atoms with E-state index in [1.807, 2.05) is 48.5 Å². The number of hydrogen-bond donors (Lipinski definition) is 0. The molecule has 1 aliphatic rings. The van der Waals surface area contributed by atoms with E-state index in [1.165, 1.54) is 5.56 Å². The maximum atomic E-state index is 12.8. The number of hydrogen-bond acceptors (Lipinski definition) is 6. The van der Waals surface area contributed by atoms with Crippen molar-refractivity contribution in [3.8, 4) is 5.75 Å². The lowest BCUT2D eigenvalue weighted by Gasteiger charge is -2.34. The van der Waals surface area contributed by atoms with Gasteiger partial charge in [0.05, 0.1) is 7.11 Å². The highest BCUT2D eigenvalue weighted by molar-refractivity contribution is 5.82. The molecule has 1 aliphatic heterocycles. The van der Waals surface area contributed by atoms with Crippen LogP contribution in [0.15, 0.2) is 51.9 Å². The lowest BCUT2D eigenvalue weighted by molar-refractivity contribution is -0.132. The molecule has 0 aliphatic carbocycles. The number of ether oxygens (including phenoxy) is 1. The Bertz CT molecular complexity index is 1140. The predicted molar refractivity (Wildman–Crippen MR) is 123 cm³/mol. The Morgan fingerprint density at radius 1 is 1.09 bits per heavy atom. The van der Waals surface area contributed by atoms with Crippen molar-refractivity contribution in [1.82, 2.24) is 14.8 Å². The van der Waals surface area contributed by atoms with E-state index in [2.05, 4.69) is 9.88 Å². The van der Waals surface area contributed by atoms with Crippen molar-refractivity contribution in [2.45, 2.75) is 26.2 Å². The van der Waals surface area contributed by atoms with Crippen LogP contribution in [0.25, 0.3) is 11.0 Å². The van der Waals surface area contributed by atoms with Gasteiger partial charge in [-0.1, -0.05) is 0 Å². The Balaban J connectivity index is 1.31. The SMILES string of the molecule is COc1ccc2c(C)c(CCC(=O)N3CCN(CCc4ccncc4)CC3)c(=O)oc2c1. The van der Waals surface area contributed by atoms with Crippen LogP contribution in [0, 0.1) is 6.92 Å². The molecule has 0 spiro atoms. The molecule has 1 fully saturated rings. The fourth-order valence-corrected chi connectivity index (χ4v) is 4.24. The minimum Gasteiger partial charge on any atom is -0.497 e. The number of aromatic nitrogens is 1. The Morgan fingerprint density at radius 3 is 2.56 bits per heavy atom. The van der Waals surface area contributed by atoms with Gasteiger partial charge in [0.25, 0.3) is 0 Å². The molecule has 1 aromatic carbocycles. The number of pyridine rings is 1. The third-order valence-corrected chi connectivity index (χ3v) is 6.27. The first-order valence-electron chi connectivity index (χ1n) is 11.0. The van der Waals surface area contributed by atoms with E-state index in [1.54, 1.807) is 13.2 Å². The van der Waals surface area contributed by atoms with E-state index in [4.69, 9.17) is 9.15 Å². The summed E-state index contributed by atoms with van der Waals surface area (Å²) in [6.07, 6.45) is 5.32. The summed E-state index contributed by atoms with van der Waals surface area (Å²) in [5.41, 5.74) is 2.85. The fraction of sp³-hybridized carbons (Fsp3) is 0.400. The molecule has 0 saturated carbocycles. The molecule has 168 valence electrons. The molecule has 3 heterocycles. The highest BCUT2D eigenvalue weighted by atomic mass is 16.5. The monoisotopic (exact) mass is 435 g/mol. The molecule has 0 unspecified atom stereocenters. The van der Waals surface area contributed by atoms with Crippen LogP contribution >= 0.6 is 0 Å². The van der Waals surface area contributed by atoms with Crippen molar-refractivity contribution in [2.24, 2.45) is 0 Å². The summed E-state index contributed by atoms with van der Waals surface area (Å²) in [6.45, 7) is 6.08. The summed E-state index contributed by atoms with van der Waals surface area (Å²) in [7, 11) is 1.58. The van der Waals surface area contributed by atoms with Gasteiger partial charge in [0, 0.05) is 68.6 Å². The number of rotatable bonds is 7. The van der Waals surface area contributed by atoms with Crippen LogP contribution < -0.4 is 10.4 Å². The standard InChI is InChI=1S/C25H29N3O4/c1-18-21-4-3-20(31-2)17-23(21)32-25(30)22(18)5-6-24(29)28-15-13-27(14-16-28)12-9-19-7-10-26-11-8-19/h3-4,7-8,10-11,17H,5-6,9,12-16H2,1-2H3. The van der Waals surface area contributed by atoms with Crippen molar-refractivity contribution in [3.05, 3.63) is 69.8 Å². The van der Waals surface area contributed by atoms with E-state index in [-0.39, 0.29) is 11.5 Å². The number of carbonyl (C=O) groups is 1. The molecule has 7 heteroatoms. The number of methoxy groups -OCH3 is 1. The molecular formula is C25H29N3O4. The summed E-state index contributed by atoms with van der Waals surface area (Å²) >= 11 is 0. The summed E-state index contributed by atoms with van der Waals surface area (Å²) in [6, 6.07) is 9.54. The number of aryl methyl sites for hydroxylation is 1. The topological polar surface area (TPSA) is 75.9 Å². The van der Waals surface area contributed by atoms with Crippen LogP contribution in [0.1, 0.15) is 23.1 Å². The second kappa shape index (κ2) is 9.96. The van der Waals surface area contributed by atoms with Crippen LogP contribution in [-0.2, 0) is 17.6 Å². The summed E-state index contributed by atoms with van der Waals surface area (Å²) in [5, 5.41) is 0.871. The van der Waals surface area contributed by atoms with E-state index >= 15 is 0 Å². The molecule has 3 aromatic rings. The quantitative estimate of drug-likeness (QED) is 0.531. The lowest BCUT2D eigenvalue weighted by Crippen LogP contribution is -2.49. The Morgan fingerprint density at radius 2 is 1.84 bits per heavy atom. The van der Waals surface area contributed by atoms with Gasteiger partial charge in [-0.25, -0.2) is 4.79 Å². The normalized spacial score (nSPS) is 14.6. The molecule has 0 atom stereocenters. The molecule has 32 heavy (non-hydrogen) atoms. The molecule has 0 bridgehead atoms. The zero-order valence-electron chi connectivity index (χ0n) is 18.7. The summed E-state index contributed by atoms with van der Waals surface area (Å²) in [4.78, 5) is 33.7. The average Bonchev–Trinajstić information content (AvgIpc) is 2.83. The predicted octanol–water partition coefficient (Wildman–Crippen LogP) is 2.82. The molecule has 1 saturated heterocycles. The van der Waals surface area contributed by atoms with Crippen molar-refractivity contribution in [3.63, 3.8) is 0 Å². The smallest absolute Gasteiger partial charge is 0.339 e. The molecular weight excluding hydrogens is 406 g/mol. The van der Waals surface area contributed by atoms with Gasteiger partial charge in [-0.05, 0) is 55.2 Å². The first-order chi connectivity index (χ1) is 15.5. The van der Waals surface area contributed by atoms with Crippen molar-refractivity contribution < 1.29 is 13.9 Å². The van der Waals surface area contributed by atoms with Crippen molar-refractivity contribution >= 4 is 16.9 Å². The second-order valence-corrected chi connectivity index (χ2v) is 8.18. The van der Waals surface area contributed by atoms with Gasteiger partial charge in [0.1, 0.15) is 11.3 Å². The van der Waals surface area contributed by atoms with Gasteiger partial charge in [-0.2, -0.15) is 0 Å². The van der Waals surface area contributed by atoms with Crippen LogP contribution in [0.3, 0.4) is 0 Å². The Kier molecular flexibility index (Phi) is 6.85. The van der Waals surface area contributed by atoms with E-state index < -0.39 is 0 Å². The van der Waals surface area contributed by atoms with Crippen LogP contribution in [0.2, 0.25) is 0 Å². The molecule has 1 amide bonds. The maximum absolute atomic E-state index is 12.8. The molecule has 4 rings (SSSR count). The second-order valence-electron chi connectivity index (χ2n) is 8.18. The minimum absolute atomic E-state index is 0.0902. The Labute approximate surface area is 187 Å². The van der Waals surface area contributed by atoms with Gasteiger partial charge in [-0.3, -0.25) is 14.7 Å². The number of fused-ring (bicyclic) bond motifs is 1. The number of benzene rings is 1. The molecule has 0 radical (unpaired) electrons. The zero-order chi connectivity index (χ0) is 22.5. The number of carbonyl (C=O) groups excluding carboxylic acids is 1. The average molecular weight is 436 g/mol. The minimum atomic E-state index is -0.378. The molecule has 2 aromatic heterocycles. The summed E-state index contributed by atoms with van der Waals surface area (Å²) < 4.78 is 10.7. The highest BCUT2D eigenvalue weighted by Gasteiger charge is 2.22. The third kappa shape index (κ3) is 4.99. The fourth-order valence-electron chi connectivity index (χ4n) is 4.24. The van der Waals surface area contributed by atoms with Gasteiger partial charge in [0.15, 0.2) is 0 Å². The first-order valence-corrected chi connectivity index (χ1v) is 11.0. The van der Waals surface area contributed by atoms with Crippen LogP contribution in [0.5, 0.6) is 5.75 Å². The van der Waals surface area contributed by atoms with Crippen molar-refractivity contribution in [1.29, 1.82) is 0 Å². The Hall–Kier alpha value is -3.19. The van der Waals surface area contributed by atoms with Crippen molar-refractivity contribution in [2.75, 3.05) is 39.8 Å². The van der Waals surface area contributed by atoms with E-state index in [0.717, 1.165) is 50.1 Å². The van der Waals surface area contributed by atoms with E-state index in [0.29, 0.717) is 29.7 Å². The van der Waals surface area contributed by atoms with E-state index in [9.17, 15) is 9.59 Å². The summed E-state index contributed by atoms with van der Waals surface area (Å²) in [5.74, 6) is 0.732. The zero-order valence-corrected chi connectivity index (χ0v) is 18.7. The van der Waals surface area contributed by atoms with Crippen LogP contribution in [0.4, 0.5) is 0 Å². The highest BCUT2D eigenvalue weighted by Crippen LogP contribution is 2.24. The van der Waals surface area contributed by atoms with Crippen LogP contribution in [-0.4, -0.2) is 60.5 Å². The number of nitrogens with zero attached hydrogens (tertiary/aromatic N) is 3. The number of amides is 1. The molecule has 7 nitrogen and oxygen atoms in total. The lowest BCUT2D eigenvalue weighted by atomic mass is 10.0. The third-order valence-electron chi connectivity index (χ3n) is 6.27. The van der Waals surface area contributed by atoms with Gasteiger partial charge >= 0.3 is 5.63 Å². The first kappa shape index (κ1) is 22.0. The maximum Gasteiger partial charge on any atom is 0.339 e. The molecule has 0 N–H and O–H groups in total. The number of piperazine rings is 1. The van der Waals surface area contributed by atoms with Gasteiger partial charge in [0.2, 0.25) is 5.91 Å². The largest absolute Gasteiger partial charge is 0.497 e.